The molecule has 3 heteroatoms. The third-order valence-electron chi connectivity index (χ3n) is 4.32. The van der Waals surface area contributed by atoms with Gasteiger partial charge in [-0.3, -0.25) is 4.90 Å². The van der Waals surface area contributed by atoms with Gasteiger partial charge < -0.3 is 10.6 Å². The number of likely N-dealkylation sites (N-methyl/N-ethyl adjacent to an activating group) is 1. The summed E-state index contributed by atoms with van der Waals surface area (Å²) in [6.45, 7) is 6.82. The van der Waals surface area contributed by atoms with Crippen molar-refractivity contribution in [2.45, 2.75) is 44.2 Å². The highest BCUT2D eigenvalue weighted by atomic mass is 15.3. The molecule has 0 aromatic rings. The second kappa shape index (κ2) is 4.40. The number of hydrogen-bond donors (Lipinski definition) is 1. The molecule has 0 aliphatic carbocycles. The van der Waals surface area contributed by atoms with Crippen LogP contribution >= 0.6 is 0 Å². The molecular formula is C12H25N3. The molecule has 2 rings (SSSR count). The Labute approximate surface area is 93.6 Å². The molecule has 2 saturated heterocycles. The lowest BCUT2D eigenvalue weighted by Crippen LogP contribution is -2.59. The standard InChI is InChI=1S/C12H25N3/c1-11-5-3-4-7-15(11)12(9-13)6-8-14(2)10-12/h11H,3-10,13H2,1-2H3. The van der Waals surface area contributed by atoms with Gasteiger partial charge in [-0.15, -0.1) is 0 Å². The molecule has 88 valence electrons. The van der Waals surface area contributed by atoms with Gasteiger partial charge in [0.1, 0.15) is 0 Å². The molecule has 2 atom stereocenters. The van der Waals surface area contributed by atoms with E-state index in [2.05, 4.69) is 23.8 Å². The SMILES string of the molecule is CC1CCCCN1C1(CN)CCN(C)C1. The van der Waals surface area contributed by atoms with Crippen LogP contribution in [0, 0.1) is 0 Å². The lowest BCUT2D eigenvalue weighted by molar-refractivity contribution is 0.0366. The van der Waals surface area contributed by atoms with Crippen molar-refractivity contribution in [3.05, 3.63) is 0 Å². The van der Waals surface area contributed by atoms with Gasteiger partial charge in [0.2, 0.25) is 0 Å². The Morgan fingerprint density at radius 2 is 2.13 bits per heavy atom. The van der Waals surface area contributed by atoms with Crippen molar-refractivity contribution < 1.29 is 0 Å². The van der Waals surface area contributed by atoms with Crippen LogP contribution in [0.25, 0.3) is 0 Å². The Morgan fingerprint density at radius 1 is 1.33 bits per heavy atom. The Bertz CT molecular complexity index is 219. The number of nitrogens with zero attached hydrogens (tertiary/aromatic N) is 2. The Hall–Kier alpha value is -0.120. The molecule has 15 heavy (non-hydrogen) atoms. The highest BCUT2D eigenvalue weighted by Gasteiger charge is 2.43. The van der Waals surface area contributed by atoms with Crippen LogP contribution in [0.15, 0.2) is 0 Å². The summed E-state index contributed by atoms with van der Waals surface area (Å²) in [4.78, 5) is 5.12. The largest absolute Gasteiger partial charge is 0.329 e. The highest BCUT2D eigenvalue weighted by molar-refractivity contribution is 5.01. The Morgan fingerprint density at radius 3 is 2.67 bits per heavy atom. The first kappa shape index (κ1) is 11.4. The molecular weight excluding hydrogens is 186 g/mol. The van der Waals surface area contributed by atoms with Crippen molar-refractivity contribution >= 4 is 0 Å². The molecule has 2 heterocycles. The molecule has 0 bridgehead atoms. The normalized spacial score (nSPS) is 39.8. The molecule has 2 unspecified atom stereocenters. The predicted octanol–water partition coefficient (Wildman–Crippen LogP) is 0.894. The van der Waals surface area contributed by atoms with E-state index >= 15 is 0 Å². The fraction of sp³-hybridized carbons (Fsp3) is 1.00. The first-order chi connectivity index (χ1) is 7.18. The average Bonchev–Trinajstić information content (AvgIpc) is 2.62. The van der Waals surface area contributed by atoms with E-state index < -0.39 is 0 Å². The van der Waals surface area contributed by atoms with Crippen molar-refractivity contribution in [3.63, 3.8) is 0 Å². The average molecular weight is 211 g/mol. The Kier molecular flexibility index (Phi) is 3.33. The van der Waals surface area contributed by atoms with Crippen molar-refractivity contribution in [1.29, 1.82) is 0 Å². The first-order valence-electron chi connectivity index (χ1n) is 6.33. The molecule has 2 N–H and O–H groups in total. The summed E-state index contributed by atoms with van der Waals surface area (Å²) in [6, 6.07) is 0.730. The van der Waals surface area contributed by atoms with E-state index in [1.54, 1.807) is 0 Å². The predicted molar refractivity (Wildman–Crippen MR) is 63.9 cm³/mol. The van der Waals surface area contributed by atoms with Crippen molar-refractivity contribution in [3.8, 4) is 0 Å². The van der Waals surface area contributed by atoms with E-state index in [1.165, 1.54) is 38.8 Å². The minimum absolute atomic E-state index is 0.286. The topological polar surface area (TPSA) is 32.5 Å². The summed E-state index contributed by atoms with van der Waals surface area (Å²) in [5.74, 6) is 0. The molecule has 0 aromatic heterocycles. The zero-order valence-electron chi connectivity index (χ0n) is 10.2. The van der Waals surface area contributed by atoms with Gasteiger partial charge in [-0.25, -0.2) is 0 Å². The molecule has 0 amide bonds. The summed E-state index contributed by atoms with van der Waals surface area (Å²) >= 11 is 0. The van der Waals surface area contributed by atoms with Crippen molar-refractivity contribution in [2.75, 3.05) is 33.2 Å². The van der Waals surface area contributed by atoms with Gasteiger partial charge in [-0.05, 0) is 46.3 Å². The summed E-state index contributed by atoms with van der Waals surface area (Å²) in [5, 5.41) is 0. The maximum absolute atomic E-state index is 6.06. The number of nitrogens with two attached hydrogens (primary N) is 1. The van der Waals surface area contributed by atoms with Gasteiger partial charge in [0.05, 0.1) is 0 Å². The second-order valence-corrected chi connectivity index (χ2v) is 5.45. The van der Waals surface area contributed by atoms with Gasteiger partial charge in [0, 0.05) is 24.7 Å². The zero-order chi connectivity index (χ0) is 10.9. The maximum Gasteiger partial charge on any atom is 0.0473 e. The highest BCUT2D eigenvalue weighted by Crippen LogP contribution is 2.32. The van der Waals surface area contributed by atoms with E-state index in [4.69, 9.17) is 5.73 Å². The van der Waals surface area contributed by atoms with E-state index in [1.807, 2.05) is 0 Å². The van der Waals surface area contributed by atoms with Crippen LogP contribution in [0.4, 0.5) is 0 Å². The quantitative estimate of drug-likeness (QED) is 0.736. The molecule has 0 saturated carbocycles. The van der Waals surface area contributed by atoms with Gasteiger partial charge in [-0.1, -0.05) is 6.42 Å². The minimum Gasteiger partial charge on any atom is -0.329 e. The van der Waals surface area contributed by atoms with E-state index in [0.717, 1.165) is 19.1 Å². The summed E-state index contributed by atoms with van der Waals surface area (Å²) in [5.41, 5.74) is 6.34. The number of rotatable bonds is 2. The summed E-state index contributed by atoms with van der Waals surface area (Å²) in [7, 11) is 2.21. The molecule has 0 spiro atoms. The van der Waals surface area contributed by atoms with Crippen LogP contribution in [0.3, 0.4) is 0 Å². The van der Waals surface area contributed by atoms with Gasteiger partial charge in [0.25, 0.3) is 0 Å². The summed E-state index contributed by atoms with van der Waals surface area (Å²) in [6.07, 6.45) is 5.36. The smallest absolute Gasteiger partial charge is 0.0473 e. The van der Waals surface area contributed by atoms with Gasteiger partial charge in [0.15, 0.2) is 0 Å². The van der Waals surface area contributed by atoms with Crippen molar-refractivity contribution in [2.24, 2.45) is 5.73 Å². The van der Waals surface area contributed by atoms with Crippen LogP contribution < -0.4 is 5.73 Å². The van der Waals surface area contributed by atoms with E-state index in [0.29, 0.717) is 0 Å². The number of piperidine rings is 1. The lowest BCUT2D eigenvalue weighted by Gasteiger charge is -2.46. The van der Waals surface area contributed by atoms with Crippen LogP contribution in [-0.2, 0) is 0 Å². The van der Waals surface area contributed by atoms with Gasteiger partial charge in [-0.2, -0.15) is 0 Å². The van der Waals surface area contributed by atoms with Crippen molar-refractivity contribution in [1.82, 2.24) is 9.80 Å². The van der Waals surface area contributed by atoms with Gasteiger partial charge >= 0.3 is 0 Å². The third-order valence-corrected chi connectivity index (χ3v) is 4.32. The molecule has 3 nitrogen and oxygen atoms in total. The third kappa shape index (κ3) is 2.05. The molecule has 2 aliphatic heterocycles. The van der Waals surface area contributed by atoms with Crippen LogP contribution in [-0.4, -0.2) is 54.6 Å². The van der Waals surface area contributed by atoms with E-state index in [9.17, 15) is 0 Å². The first-order valence-corrected chi connectivity index (χ1v) is 6.33. The molecule has 2 fully saturated rings. The van der Waals surface area contributed by atoms with Crippen LogP contribution in [0.5, 0.6) is 0 Å². The fourth-order valence-electron chi connectivity index (χ4n) is 3.38. The summed E-state index contributed by atoms with van der Waals surface area (Å²) < 4.78 is 0. The van der Waals surface area contributed by atoms with E-state index in [-0.39, 0.29) is 5.54 Å². The molecule has 0 radical (unpaired) electrons. The zero-order valence-corrected chi connectivity index (χ0v) is 10.2. The Balaban J connectivity index is 2.10. The number of likely N-dealkylation sites (tertiary alicyclic amines) is 2. The molecule has 2 aliphatic rings. The minimum atomic E-state index is 0.286. The number of hydrogen-bond acceptors (Lipinski definition) is 3. The molecule has 0 aromatic carbocycles. The lowest BCUT2D eigenvalue weighted by atomic mass is 9.90. The second-order valence-electron chi connectivity index (χ2n) is 5.45. The fourth-order valence-corrected chi connectivity index (χ4v) is 3.38. The van der Waals surface area contributed by atoms with Crippen LogP contribution in [0.2, 0.25) is 0 Å². The monoisotopic (exact) mass is 211 g/mol. The van der Waals surface area contributed by atoms with Crippen LogP contribution in [0.1, 0.15) is 32.6 Å². The maximum atomic E-state index is 6.06.